The van der Waals surface area contributed by atoms with E-state index in [-0.39, 0.29) is 21.9 Å². The van der Waals surface area contributed by atoms with Gasteiger partial charge in [-0.2, -0.15) is 0 Å². The SMILES string of the molecule is CC1(C)[C@H]2C[C@@H](OC(=O)c3cc(N([O-])[O-])cc(N(O)O)c3)[C@](C)(O)C[C@@H]21. The molecule has 9 heteroatoms. The molecule has 2 fully saturated rings. The van der Waals surface area contributed by atoms with Gasteiger partial charge in [-0.25, -0.2) is 4.79 Å². The van der Waals surface area contributed by atoms with Crippen LogP contribution in [0.25, 0.3) is 0 Å². The predicted octanol–water partition coefficient (Wildman–Crippen LogP) is 2.42. The quantitative estimate of drug-likeness (QED) is 0.541. The molecule has 1 aromatic carbocycles. The van der Waals surface area contributed by atoms with E-state index in [1.54, 1.807) is 6.92 Å². The molecule has 1 aromatic rings. The number of hydrogen-bond donors (Lipinski definition) is 3. The van der Waals surface area contributed by atoms with Crippen molar-refractivity contribution in [1.82, 2.24) is 0 Å². The summed E-state index contributed by atoms with van der Waals surface area (Å²) in [5, 5.41) is 49.8. The average molecular weight is 366 g/mol. The Morgan fingerprint density at radius 2 is 1.77 bits per heavy atom. The van der Waals surface area contributed by atoms with Crippen LogP contribution in [0, 0.1) is 27.7 Å². The first-order valence-corrected chi connectivity index (χ1v) is 8.34. The first-order chi connectivity index (χ1) is 11.9. The van der Waals surface area contributed by atoms with Crippen LogP contribution in [0.15, 0.2) is 18.2 Å². The second-order valence-electron chi connectivity index (χ2n) is 8.01. The van der Waals surface area contributed by atoms with Crippen molar-refractivity contribution in [3.8, 4) is 0 Å². The van der Waals surface area contributed by atoms with Gasteiger partial charge in [0.15, 0.2) is 0 Å². The van der Waals surface area contributed by atoms with Crippen molar-refractivity contribution in [2.24, 2.45) is 17.3 Å². The van der Waals surface area contributed by atoms with Crippen LogP contribution in [-0.4, -0.2) is 33.2 Å². The molecule has 0 unspecified atom stereocenters. The van der Waals surface area contributed by atoms with Crippen LogP contribution < -0.4 is 10.5 Å². The molecule has 2 aliphatic rings. The maximum absolute atomic E-state index is 12.5. The van der Waals surface area contributed by atoms with Gasteiger partial charge >= 0.3 is 5.97 Å². The molecule has 0 heterocycles. The molecular weight excluding hydrogens is 344 g/mol. The lowest BCUT2D eigenvalue weighted by Crippen LogP contribution is -2.45. The molecule has 0 saturated heterocycles. The highest BCUT2D eigenvalue weighted by atomic mass is 16.8. The summed E-state index contributed by atoms with van der Waals surface area (Å²) in [7, 11) is 0. The summed E-state index contributed by atoms with van der Waals surface area (Å²) < 4.78 is 5.46. The molecule has 144 valence electrons. The topological polar surface area (TPSA) is 140 Å². The smallest absolute Gasteiger partial charge is 0.338 e. The number of esters is 1. The van der Waals surface area contributed by atoms with Crippen LogP contribution in [-0.2, 0) is 4.74 Å². The van der Waals surface area contributed by atoms with Gasteiger partial charge in [-0.3, -0.25) is 10.4 Å². The second kappa shape index (κ2) is 6.07. The molecule has 0 aliphatic heterocycles. The molecule has 0 amide bonds. The third-order valence-electron chi connectivity index (χ3n) is 5.91. The first-order valence-electron chi connectivity index (χ1n) is 8.34. The summed E-state index contributed by atoms with van der Waals surface area (Å²) in [6, 6.07) is 2.97. The highest BCUT2D eigenvalue weighted by Gasteiger charge is 2.64. The van der Waals surface area contributed by atoms with E-state index in [1.165, 1.54) is 0 Å². The number of ether oxygens (including phenoxy) is 1. The molecule has 2 aliphatic carbocycles. The van der Waals surface area contributed by atoms with Crippen molar-refractivity contribution >= 4 is 17.3 Å². The minimum Gasteiger partial charge on any atom is -0.769 e. The van der Waals surface area contributed by atoms with Crippen LogP contribution in [0.1, 0.15) is 44.0 Å². The summed E-state index contributed by atoms with van der Waals surface area (Å²) in [6.45, 7) is 5.86. The number of fused-ring (bicyclic) bond motifs is 1. The summed E-state index contributed by atoms with van der Waals surface area (Å²) in [5.74, 6) is -0.125. The summed E-state index contributed by atoms with van der Waals surface area (Å²) in [4.78, 5) is 12.5. The Bertz CT molecular complexity index is 691. The highest BCUT2D eigenvalue weighted by molar-refractivity contribution is 5.92. The number of rotatable bonds is 4. The third kappa shape index (κ3) is 3.24. The van der Waals surface area contributed by atoms with E-state index in [9.17, 15) is 20.3 Å². The van der Waals surface area contributed by atoms with Gasteiger partial charge in [-0.05, 0) is 55.2 Å². The average Bonchev–Trinajstić information content (AvgIpc) is 3.05. The number of carbonyl (C=O) groups is 1. The lowest BCUT2D eigenvalue weighted by atomic mass is 9.83. The fourth-order valence-corrected chi connectivity index (χ4v) is 4.10. The zero-order valence-electron chi connectivity index (χ0n) is 14.7. The monoisotopic (exact) mass is 366 g/mol. The van der Waals surface area contributed by atoms with Crippen molar-refractivity contribution in [2.75, 3.05) is 10.5 Å². The van der Waals surface area contributed by atoms with Crippen molar-refractivity contribution in [3.63, 3.8) is 0 Å². The molecular formula is C17H22N2O7-2. The Balaban J connectivity index is 1.81. The first kappa shape index (κ1) is 18.9. The summed E-state index contributed by atoms with van der Waals surface area (Å²) in [6.07, 6.45) is 0.300. The zero-order valence-corrected chi connectivity index (χ0v) is 14.7. The lowest BCUT2D eigenvalue weighted by Gasteiger charge is -2.38. The maximum Gasteiger partial charge on any atom is 0.338 e. The lowest BCUT2D eigenvalue weighted by molar-refractivity contribution is -0.0986. The molecule has 2 saturated carbocycles. The highest BCUT2D eigenvalue weighted by Crippen LogP contribution is 2.66. The van der Waals surface area contributed by atoms with E-state index in [0.717, 1.165) is 18.2 Å². The molecule has 3 N–H and O–H groups in total. The Hall–Kier alpha value is -1.91. The van der Waals surface area contributed by atoms with Crippen LogP contribution >= 0.6 is 0 Å². The third-order valence-corrected chi connectivity index (χ3v) is 5.91. The molecule has 0 bridgehead atoms. The second-order valence-corrected chi connectivity index (χ2v) is 8.01. The van der Waals surface area contributed by atoms with Gasteiger partial charge in [0.1, 0.15) is 6.10 Å². The minimum atomic E-state index is -1.19. The van der Waals surface area contributed by atoms with Gasteiger partial charge < -0.3 is 25.5 Å². The molecule has 0 aromatic heterocycles. The van der Waals surface area contributed by atoms with Gasteiger partial charge in [0, 0.05) is 5.69 Å². The van der Waals surface area contributed by atoms with Gasteiger partial charge in [-0.15, -0.1) is 5.23 Å². The maximum atomic E-state index is 12.5. The Labute approximate surface area is 150 Å². The van der Waals surface area contributed by atoms with E-state index in [0.29, 0.717) is 24.7 Å². The number of carbonyl (C=O) groups excluding carboxylic acids is 1. The number of anilines is 2. The van der Waals surface area contributed by atoms with E-state index in [4.69, 9.17) is 15.2 Å². The number of aliphatic hydroxyl groups is 1. The van der Waals surface area contributed by atoms with Crippen molar-refractivity contribution in [1.29, 1.82) is 0 Å². The van der Waals surface area contributed by atoms with E-state index in [1.807, 2.05) is 0 Å². The predicted molar refractivity (Wildman–Crippen MR) is 91.5 cm³/mol. The zero-order chi connectivity index (χ0) is 19.4. The van der Waals surface area contributed by atoms with E-state index < -0.39 is 28.6 Å². The van der Waals surface area contributed by atoms with Crippen LogP contribution in [0.5, 0.6) is 0 Å². The van der Waals surface area contributed by atoms with Crippen LogP contribution in [0.4, 0.5) is 11.4 Å². The van der Waals surface area contributed by atoms with E-state index >= 15 is 0 Å². The van der Waals surface area contributed by atoms with Gasteiger partial charge in [-0.1, -0.05) is 13.8 Å². The summed E-state index contributed by atoms with van der Waals surface area (Å²) in [5.41, 5.74) is -2.12. The molecule has 0 radical (unpaired) electrons. The number of nitrogens with zero attached hydrogens (tertiary/aromatic N) is 2. The fraction of sp³-hybridized carbons (Fsp3) is 0.588. The van der Waals surface area contributed by atoms with Gasteiger partial charge in [0.05, 0.1) is 16.9 Å². The normalized spacial score (nSPS) is 31.8. The van der Waals surface area contributed by atoms with Gasteiger partial charge in [0.25, 0.3) is 0 Å². The molecule has 26 heavy (non-hydrogen) atoms. The summed E-state index contributed by atoms with van der Waals surface area (Å²) >= 11 is 0. The number of hydrogen-bond acceptors (Lipinski definition) is 9. The Morgan fingerprint density at radius 1 is 1.15 bits per heavy atom. The number of benzene rings is 1. The molecule has 0 spiro atoms. The molecule has 9 nitrogen and oxygen atoms in total. The Kier molecular flexibility index (Phi) is 4.40. The molecule has 3 rings (SSSR count). The standard InChI is InChI=1S/C17H22N2O7/c1-16(2)12-7-14(17(3,21)8-13(12)16)26-15(20)9-4-10(18(22)23)6-11(5-9)19(24)25/h4-6,12-14,21-23H,7-8H2,1-3H3/q-2/t12-,13-,14+,17+/m0/s1. The fourth-order valence-electron chi connectivity index (χ4n) is 4.10. The Morgan fingerprint density at radius 3 is 2.35 bits per heavy atom. The molecule has 4 atom stereocenters. The van der Waals surface area contributed by atoms with Crippen LogP contribution in [0.3, 0.4) is 0 Å². The largest absolute Gasteiger partial charge is 0.769 e. The van der Waals surface area contributed by atoms with Crippen molar-refractivity contribution in [2.45, 2.75) is 45.3 Å². The van der Waals surface area contributed by atoms with E-state index in [2.05, 4.69) is 13.8 Å². The van der Waals surface area contributed by atoms with Gasteiger partial charge in [0.2, 0.25) is 0 Å². The van der Waals surface area contributed by atoms with Crippen molar-refractivity contribution < 1.29 is 25.1 Å². The van der Waals surface area contributed by atoms with Crippen LogP contribution in [0.2, 0.25) is 0 Å². The van der Waals surface area contributed by atoms with Crippen molar-refractivity contribution in [3.05, 3.63) is 34.2 Å². The minimum absolute atomic E-state index is 0.0954.